The second kappa shape index (κ2) is 7.43. The van der Waals surface area contributed by atoms with Gasteiger partial charge in [0, 0.05) is 30.8 Å². The van der Waals surface area contributed by atoms with Crippen LogP contribution in [0.4, 0.5) is 10.5 Å². The van der Waals surface area contributed by atoms with Crippen LogP contribution in [0.15, 0.2) is 18.2 Å². The molecule has 2 aliphatic heterocycles. The zero-order valence-electron chi connectivity index (χ0n) is 14.8. The first-order valence-corrected chi connectivity index (χ1v) is 9.46. The summed E-state index contributed by atoms with van der Waals surface area (Å²) >= 11 is 0. The van der Waals surface area contributed by atoms with Gasteiger partial charge in [0.25, 0.3) is 0 Å². The number of anilines is 1. The van der Waals surface area contributed by atoms with E-state index in [1.807, 2.05) is 18.2 Å². The van der Waals surface area contributed by atoms with Crippen LogP contribution in [0.3, 0.4) is 0 Å². The number of carbonyl (C=O) groups excluding carboxylic acids is 2. The molecule has 2 fully saturated rings. The van der Waals surface area contributed by atoms with Crippen LogP contribution in [0, 0.1) is 0 Å². The summed E-state index contributed by atoms with van der Waals surface area (Å²) in [4.78, 5) is 26.3. The fourth-order valence-corrected chi connectivity index (χ4v) is 3.91. The van der Waals surface area contributed by atoms with Crippen LogP contribution < -0.4 is 25.0 Å². The molecule has 2 heterocycles. The van der Waals surface area contributed by atoms with E-state index in [9.17, 15) is 9.59 Å². The van der Waals surface area contributed by atoms with Gasteiger partial charge in [-0.1, -0.05) is 19.3 Å². The number of hydrogen-bond donors (Lipinski definition) is 2. The maximum atomic E-state index is 12.4. The summed E-state index contributed by atoms with van der Waals surface area (Å²) in [5.41, 5.74) is 0.774. The molecule has 26 heavy (non-hydrogen) atoms. The summed E-state index contributed by atoms with van der Waals surface area (Å²) < 4.78 is 11.1. The molecule has 0 unspecified atom stereocenters. The molecule has 7 heteroatoms. The molecule has 1 atom stereocenters. The zero-order chi connectivity index (χ0) is 17.9. The van der Waals surface area contributed by atoms with E-state index >= 15 is 0 Å². The number of nitrogens with one attached hydrogen (secondary N) is 2. The number of hydrogen-bond acceptors (Lipinski definition) is 4. The van der Waals surface area contributed by atoms with Gasteiger partial charge in [0.2, 0.25) is 5.91 Å². The van der Waals surface area contributed by atoms with Gasteiger partial charge >= 0.3 is 6.03 Å². The van der Waals surface area contributed by atoms with Crippen LogP contribution in [0.5, 0.6) is 11.5 Å². The molecular weight excluding hydrogens is 334 g/mol. The van der Waals surface area contributed by atoms with Gasteiger partial charge in [-0.25, -0.2) is 4.79 Å². The topological polar surface area (TPSA) is 79.9 Å². The number of urea groups is 1. The number of fused-ring (bicyclic) bond motifs is 1. The Hall–Kier alpha value is -2.44. The Kier molecular flexibility index (Phi) is 4.86. The van der Waals surface area contributed by atoms with Gasteiger partial charge < -0.3 is 25.0 Å². The minimum Gasteiger partial charge on any atom is -0.486 e. The number of carbonyl (C=O) groups is 2. The monoisotopic (exact) mass is 359 g/mol. The first-order chi connectivity index (χ1) is 12.7. The third-order valence-electron chi connectivity index (χ3n) is 5.24. The van der Waals surface area contributed by atoms with E-state index in [2.05, 4.69) is 10.6 Å². The van der Waals surface area contributed by atoms with Crippen molar-refractivity contribution in [3.8, 4) is 11.5 Å². The minimum atomic E-state index is -0.181. The van der Waals surface area contributed by atoms with Gasteiger partial charge in [0.1, 0.15) is 13.2 Å². The van der Waals surface area contributed by atoms with E-state index in [1.165, 1.54) is 19.3 Å². The fourth-order valence-electron chi connectivity index (χ4n) is 3.91. The van der Waals surface area contributed by atoms with Gasteiger partial charge in [-0.15, -0.1) is 0 Å². The Morgan fingerprint density at radius 2 is 1.73 bits per heavy atom. The molecule has 1 saturated carbocycles. The molecule has 1 saturated heterocycles. The van der Waals surface area contributed by atoms with Crippen molar-refractivity contribution in [3.05, 3.63) is 18.2 Å². The van der Waals surface area contributed by atoms with Crippen molar-refractivity contribution in [2.45, 2.75) is 50.6 Å². The van der Waals surface area contributed by atoms with Gasteiger partial charge in [0.15, 0.2) is 11.5 Å². The standard InChI is InChI=1S/C19H25N3O4/c23-18-10-14(21-19(24)20-13-4-2-1-3-5-13)12-22(18)15-6-7-16-17(11-15)26-9-8-25-16/h6-7,11,13-14H,1-5,8-10,12H2,(H2,20,21,24)/t14-/m1/s1. The first kappa shape index (κ1) is 17.0. The van der Waals surface area contributed by atoms with Crippen molar-refractivity contribution in [3.63, 3.8) is 0 Å². The summed E-state index contributed by atoms with van der Waals surface area (Å²) in [7, 11) is 0. The number of ether oxygens (including phenoxy) is 2. The molecule has 4 rings (SSSR count). The fraction of sp³-hybridized carbons (Fsp3) is 0.579. The van der Waals surface area contributed by atoms with E-state index in [0.717, 1.165) is 18.5 Å². The van der Waals surface area contributed by atoms with Crippen LogP contribution in [0.2, 0.25) is 0 Å². The van der Waals surface area contributed by atoms with Gasteiger partial charge in [-0.2, -0.15) is 0 Å². The summed E-state index contributed by atoms with van der Waals surface area (Å²) in [5.74, 6) is 1.37. The zero-order valence-corrected chi connectivity index (χ0v) is 14.8. The molecule has 1 aliphatic carbocycles. The van der Waals surface area contributed by atoms with E-state index < -0.39 is 0 Å². The molecule has 140 valence electrons. The van der Waals surface area contributed by atoms with Crippen molar-refractivity contribution < 1.29 is 19.1 Å². The molecule has 1 aromatic carbocycles. The molecule has 1 aromatic rings. The van der Waals surface area contributed by atoms with Crippen LogP contribution in [0.25, 0.3) is 0 Å². The van der Waals surface area contributed by atoms with Crippen molar-refractivity contribution in [1.82, 2.24) is 10.6 Å². The van der Waals surface area contributed by atoms with Crippen LogP contribution in [0.1, 0.15) is 38.5 Å². The van der Waals surface area contributed by atoms with Crippen molar-refractivity contribution in [2.75, 3.05) is 24.7 Å². The average molecular weight is 359 g/mol. The Morgan fingerprint density at radius 1 is 1.00 bits per heavy atom. The summed E-state index contributed by atoms with van der Waals surface area (Å²) in [6.07, 6.45) is 5.99. The number of amides is 3. The second-order valence-corrected chi connectivity index (χ2v) is 7.19. The molecule has 0 bridgehead atoms. The SMILES string of the molecule is O=C(NC1CCCCC1)N[C@@H]1CC(=O)N(c2ccc3c(c2)OCCO3)C1. The van der Waals surface area contributed by atoms with Crippen LogP contribution in [-0.2, 0) is 4.79 Å². The molecule has 3 amide bonds. The quantitative estimate of drug-likeness (QED) is 0.867. The lowest BCUT2D eigenvalue weighted by molar-refractivity contribution is -0.117. The van der Waals surface area contributed by atoms with Crippen LogP contribution in [-0.4, -0.2) is 43.8 Å². The van der Waals surface area contributed by atoms with Crippen molar-refractivity contribution >= 4 is 17.6 Å². The lowest BCUT2D eigenvalue weighted by atomic mass is 9.96. The highest BCUT2D eigenvalue weighted by molar-refractivity contribution is 5.97. The highest BCUT2D eigenvalue weighted by Gasteiger charge is 2.32. The number of benzene rings is 1. The van der Waals surface area contributed by atoms with Gasteiger partial charge in [0.05, 0.1) is 6.04 Å². The highest BCUT2D eigenvalue weighted by atomic mass is 16.6. The lowest BCUT2D eigenvalue weighted by Crippen LogP contribution is -2.47. The third-order valence-corrected chi connectivity index (χ3v) is 5.24. The van der Waals surface area contributed by atoms with Gasteiger partial charge in [-0.05, 0) is 25.0 Å². The van der Waals surface area contributed by atoms with Gasteiger partial charge in [-0.3, -0.25) is 4.79 Å². The maximum absolute atomic E-state index is 12.4. The average Bonchev–Trinajstić information content (AvgIpc) is 3.02. The molecule has 2 N–H and O–H groups in total. The maximum Gasteiger partial charge on any atom is 0.315 e. The second-order valence-electron chi connectivity index (χ2n) is 7.19. The molecule has 0 aromatic heterocycles. The number of nitrogens with zero attached hydrogens (tertiary/aromatic N) is 1. The molecular formula is C19H25N3O4. The number of rotatable bonds is 3. The van der Waals surface area contributed by atoms with E-state index in [0.29, 0.717) is 37.7 Å². The minimum absolute atomic E-state index is 0.00430. The van der Waals surface area contributed by atoms with E-state index in [1.54, 1.807) is 4.90 Å². The predicted octanol–water partition coefficient (Wildman–Crippen LogP) is 2.19. The smallest absolute Gasteiger partial charge is 0.315 e. The molecule has 0 radical (unpaired) electrons. The first-order valence-electron chi connectivity index (χ1n) is 9.46. The van der Waals surface area contributed by atoms with Crippen LogP contribution >= 0.6 is 0 Å². The Morgan fingerprint density at radius 3 is 2.54 bits per heavy atom. The Balaban J connectivity index is 1.35. The van der Waals surface area contributed by atoms with Crippen molar-refractivity contribution in [2.24, 2.45) is 0 Å². The summed E-state index contributed by atoms with van der Waals surface area (Å²) in [6.45, 7) is 1.52. The van der Waals surface area contributed by atoms with Crippen molar-refractivity contribution in [1.29, 1.82) is 0 Å². The summed E-state index contributed by atoms with van der Waals surface area (Å²) in [5, 5.41) is 5.99. The largest absolute Gasteiger partial charge is 0.486 e. The Bertz CT molecular complexity index is 687. The summed E-state index contributed by atoms with van der Waals surface area (Å²) in [6, 6.07) is 5.42. The normalized spacial score (nSPS) is 23.0. The third kappa shape index (κ3) is 3.71. The highest BCUT2D eigenvalue weighted by Crippen LogP contribution is 2.35. The molecule has 3 aliphatic rings. The predicted molar refractivity (Wildman–Crippen MR) is 96.7 cm³/mol. The lowest BCUT2D eigenvalue weighted by Gasteiger charge is -2.24. The molecule has 7 nitrogen and oxygen atoms in total. The molecule has 0 spiro atoms. The van der Waals surface area contributed by atoms with E-state index in [4.69, 9.17) is 9.47 Å². The Labute approximate surface area is 153 Å². The van der Waals surface area contributed by atoms with E-state index in [-0.39, 0.29) is 24.0 Å².